The molecule has 84 valence electrons. The van der Waals surface area contributed by atoms with Gasteiger partial charge in [-0.2, -0.15) is 0 Å². The van der Waals surface area contributed by atoms with E-state index in [1.165, 1.54) is 24.3 Å². The monoisotopic (exact) mass is 227 g/mol. The van der Waals surface area contributed by atoms with E-state index in [1.54, 1.807) is 11.3 Å². The standard InChI is InChI=1S/C11H17NO2S/c1-7-5-9(15-8(7)2)6-12-10(13)11(3,4)14/h5,14H,6H2,1-4H3,(H,12,13). The van der Waals surface area contributed by atoms with Crippen molar-refractivity contribution in [1.29, 1.82) is 0 Å². The highest BCUT2D eigenvalue weighted by atomic mass is 32.1. The lowest BCUT2D eigenvalue weighted by Gasteiger charge is -2.15. The van der Waals surface area contributed by atoms with Crippen LogP contribution in [0.4, 0.5) is 0 Å². The molecule has 3 nitrogen and oxygen atoms in total. The van der Waals surface area contributed by atoms with Crippen molar-refractivity contribution >= 4 is 17.2 Å². The summed E-state index contributed by atoms with van der Waals surface area (Å²) in [6, 6.07) is 2.06. The molecule has 0 aliphatic heterocycles. The number of hydrogen-bond acceptors (Lipinski definition) is 3. The minimum atomic E-state index is -1.30. The predicted octanol–water partition coefficient (Wildman–Crippen LogP) is 1.75. The molecule has 1 amide bonds. The molecule has 2 N–H and O–H groups in total. The third-order valence-electron chi connectivity index (χ3n) is 2.20. The van der Waals surface area contributed by atoms with Gasteiger partial charge in [0.05, 0.1) is 6.54 Å². The lowest BCUT2D eigenvalue weighted by molar-refractivity contribution is -0.136. The molecule has 0 radical (unpaired) electrons. The first-order valence-corrected chi connectivity index (χ1v) is 5.69. The lowest BCUT2D eigenvalue weighted by Crippen LogP contribution is -2.41. The number of rotatable bonds is 3. The van der Waals surface area contributed by atoms with Crippen molar-refractivity contribution in [2.75, 3.05) is 0 Å². The zero-order chi connectivity index (χ0) is 11.6. The Morgan fingerprint density at radius 1 is 1.53 bits per heavy atom. The van der Waals surface area contributed by atoms with Crippen LogP contribution >= 0.6 is 11.3 Å². The lowest BCUT2D eigenvalue weighted by atomic mass is 10.1. The molecule has 1 rings (SSSR count). The van der Waals surface area contributed by atoms with Crippen molar-refractivity contribution in [1.82, 2.24) is 5.32 Å². The summed E-state index contributed by atoms with van der Waals surface area (Å²) in [6.07, 6.45) is 0. The van der Waals surface area contributed by atoms with Gasteiger partial charge in [-0.25, -0.2) is 0 Å². The Morgan fingerprint density at radius 2 is 2.13 bits per heavy atom. The molecule has 0 unspecified atom stereocenters. The number of aryl methyl sites for hydroxylation is 2. The summed E-state index contributed by atoms with van der Waals surface area (Å²) in [7, 11) is 0. The summed E-state index contributed by atoms with van der Waals surface area (Å²) in [5, 5.41) is 12.1. The SMILES string of the molecule is Cc1cc(CNC(=O)C(C)(C)O)sc1C. The molecule has 0 spiro atoms. The normalized spacial score (nSPS) is 11.5. The molecular formula is C11H17NO2S. The van der Waals surface area contributed by atoms with Crippen LogP contribution in [0.15, 0.2) is 6.07 Å². The summed E-state index contributed by atoms with van der Waals surface area (Å²) < 4.78 is 0. The van der Waals surface area contributed by atoms with Crippen LogP contribution in [-0.4, -0.2) is 16.6 Å². The molecule has 1 aromatic rings. The van der Waals surface area contributed by atoms with Crippen LogP contribution in [0, 0.1) is 13.8 Å². The van der Waals surface area contributed by atoms with E-state index in [2.05, 4.69) is 18.3 Å². The van der Waals surface area contributed by atoms with Gasteiger partial charge in [-0.05, 0) is 39.3 Å². The van der Waals surface area contributed by atoms with Gasteiger partial charge in [0, 0.05) is 9.75 Å². The van der Waals surface area contributed by atoms with Crippen molar-refractivity contribution in [2.24, 2.45) is 0 Å². The average molecular weight is 227 g/mol. The predicted molar refractivity (Wildman–Crippen MR) is 61.9 cm³/mol. The minimum absolute atomic E-state index is 0.341. The molecule has 1 aromatic heterocycles. The molecule has 0 aliphatic rings. The van der Waals surface area contributed by atoms with Crippen LogP contribution in [-0.2, 0) is 11.3 Å². The molecule has 0 aromatic carbocycles. The summed E-state index contributed by atoms with van der Waals surface area (Å²) in [5.41, 5.74) is -0.0612. The molecule has 4 heteroatoms. The van der Waals surface area contributed by atoms with Crippen molar-refractivity contribution in [3.05, 3.63) is 21.4 Å². The Kier molecular flexibility index (Phi) is 3.52. The Morgan fingerprint density at radius 3 is 2.53 bits per heavy atom. The van der Waals surface area contributed by atoms with E-state index in [1.807, 2.05) is 6.92 Å². The number of nitrogens with one attached hydrogen (secondary N) is 1. The van der Waals surface area contributed by atoms with Crippen LogP contribution in [0.3, 0.4) is 0 Å². The maximum absolute atomic E-state index is 11.4. The van der Waals surface area contributed by atoms with Crippen LogP contribution in [0.5, 0.6) is 0 Å². The van der Waals surface area contributed by atoms with Crippen LogP contribution in [0.25, 0.3) is 0 Å². The number of carbonyl (C=O) groups excluding carboxylic acids is 1. The van der Waals surface area contributed by atoms with Gasteiger partial charge in [0.15, 0.2) is 0 Å². The van der Waals surface area contributed by atoms with E-state index in [0.717, 1.165) is 4.88 Å². The molecule has 15 heavy (non-hydrogen) atoms. The van der Waals surface area contributed by atoms with E-state index in [-0.39, 0.29) is 5.91 Å². The Bertz CT molecular complexity index is 344. The second-order valence-corrected chi connectivity index (χ2v) is 5.53. The smallest absolute Gasteiger partial charge is 0.251 e. The molecule has 1 heterocycles. The minimum Gasteiger partial charge on any atom is -0.381 e. The topological polar surface area (TPSA) is 49.3 Å². The molecule has 0 fully saturated rings. The summed E-state index contributed by atoms with van der Waals surface area (Å²) in [5.74, 6) is -0.341. The Labute approximate surface area is 94.1 Å². The van der Waals surface area contributed by atoms with E-state index >= 15 is 0 Å². The first-order valence-electron chi connectivity index (χ1n) is 4.87. The van der Waals surface area contributed by atoms with Gasteiger partial charge in [0.25, 0.3) is 5.91 Å². The summed E-state index contributed by atoms with van der Waals surface area (Å²) in [4.78, 5) is 13.8. The van der Waals surface area contributed by atoms with Gasteiger partial charge in [-0.15, -0.1) is 11.3 Å². The quantitative estimate of drug-likeness (QED) is 0.826. The van der Waals surface area contributed by atoms with Crippen LogP contribution in [0.1, 0.15) is 29.2 Å². The molecule has 0 aliphatic carbocycles. The van der Waals surface area contributed by atoms with Crippen molar-refractivity contribution in [3.63, 3.8) is 0 Å². The maximum Gasteiger partial charge on any atom is 0.251 e. The molecular weight excluding hydrogens is 210 g/mol. The Balaban J connectivity index is 2.55. The molecule has 0 bridgehead atoms. The largest absolute Gasteiger partial charge is 0.381 e. The zero-order valence-electron chi connectivity index (χ0n) is 9.55. The van der Waals surface area contributed by atoms with Gasteiger partial charge in [-0.1, -0.05) is 0 Å². The Hall–Kier alpha value is -0.870. The van der Waals surface area contributed by atoms with Gasteiger partial charge in [0.1, 0.15) is 5.60 Å². The maximum atomic E-state index is 11.4. The first-order chi connectivity index (χ1) is 6.80. The number of carbonyl (C=O) groups is 1. The van der Waals surface area contributed by atoms with E-state index < -0.39 is 5.60 Å². The summed E-state index contributed by atoms with van der Waals surface area (Å²) >= 11 is 1.67. The number of aliphatic hydroxyl groups is 1. The average Bonchev–Trinajstić information content (AvgIpc) is 2.41. The third kappa shape index (κ3) is 3.32. The summed E-state index contributed by atoms with van der Waals surface area (Å²) in [6.45, 7) is 7.55. The van der Waals surface area contributed by atoms with Gasteiger partial charge < -0.3 is 10.4 Å². The fourth-order valence-corrected chi connectivity index (χ4v) is 2.11. The second-order valence-electron chi connectivity index (χ2n) is 4.19. The van der Waals surface area contributed by atoms with E-state index in [0.29, 0.717) is 6.54 Å². The highest BCUT2D eigenvalue weighted by molar-refractivity contribution is 7.12. The van der Waals surface area contributed by atoms with Crippen LogP contribution < -0.4 is 5.32 Å². The fraction of sp³-hybridized carbons (Fsp3) is 0.545. The van der Waals surface area contributed by atoms with Gasteiger partial charge >= 0.3 is 0 Å². The van der Waals surface area contributed by atoms with Crippen molar-refractivity contribution in [3.8, 4) is 0 Å². The molecule has 0 saturated heterocycles. The second kappa shape index (κ2) is 4.33. The molecule has 0 atom stereocenters. The third-order valence-corrected chi connectivity index (χ3v) is 3.35. The number of hydrogen-bond donors (Lipinski definition) is 2. The molecule has 0 saturated carbocycles. The van der Waals surface area contributed by atoms with Crippen LogP contribution in [0.2, 0.25) is 0 Å². The van der Waals surface area contributed by atoms with Gasteiger partial charge in [-0.3, -0.25) is 4.79 Å². The number of amides is 1. The van der Waals surface area contributed by atoms with Crippen molar-refractivity contribution in [2.45, 2.75) is 39.8 Å². The fourth-order valence-electron chi connectivity index (χ4n) is 1.12. The number of thiophene rings is 1. The van der Waals surface area contributed by atoms with E-state index in [9.17, 15) is 9.90 Å². The first kappa shape index (κ1) is 12.2. The highest BCUT2D eigenvalue weighted by Crippen LogP contribution is 2.20. The van der Waals surface area contributed by atoms with E-state index in [4.69, 9.17) is 0 Å². The highest BCUT2D eigenvalue weighted by Gasteiger charge is 2.23. The van der Waals surface area contributed by atoms with Gasteiger partial charge in [0.2, 0.25) is 0 Å². The zero-order valence-corrected chi connectivity index (χ0v) is 10.4. The van der Waals surface area contributed by atoms with Crippen molar-refractivity contribution < 1.29 is 9.90 Å².